The van der Waals surface area contributed by atoms with E-state index in [4.69, 9.17) is 10.8 Å². The Morgan fingerprint density at radius 2 is 2.00 bits per heavy atom. The number of hydrogen-bond donors (Lipinski definition) is 3. The summed E-state index contributed by atoms with van der Waals surface area (Å²) in [5.41, 5.74) is 7.64. The molecule has 0 spiro atoms. The molecule has 0 aromatic heterocycles. The molecule has 0 aliphatic rings. The summed E-state index contributed by atoms with van der Waals surface area (Å²) in [6.07, 6.45) is 1.40. The van der Waals surface area contributed by atoms with Gasteiger partial charge < -0.3 is 10.8 Å². The van der Waals surface area contributed by atoms with E-state index in [0.717, 1.165) is 12.0 Å². The van der Waals surface area contributed by atoms with Crippen LogP contribution in [0.3, 0.4) is 0 Å². The van der Waals surface area contributed by atoms with Gasteiger partial charge in [0.25, 0.3) is 0 Å². The van der Waals surface area contributed by atoms with Crippen LogP contribution in [-0.2, 0) is 10.0 Å². The van der Waals surface area contributed by atoms with Crippen LogP contribution in [-0.4, -0.2) is 26.7 Å². The highest BCUT2D eigenvalue weighted by atomic mass is 32.2. The lowest BCUT2D eigenvalue weighted by Crippen LogP contribution is -2.30. The number of nitrogens with two attached hydrogens (primary N) is 1. The van der Waals surface area contributed by atoms with Crippen LogP contribution < -0.4 is 10.5 Å². The van der Waals surface area contributed by atoms with Gasteiger partial charge >= 0.3 is 0 Å². The summed E-state index contributed by atoms with van der Waals surface area (Å²) in [6, 6.07) is 3.42. The monoisotopic (exact) mass is 300 g/mol. The van der Waals surface area contributed by atoms with Crippen molar-refractivity contribution >= 4 is 15.7 Å². The van der Waals surface area contributed by atoms with Crippen LogP contribution in [0.1, 0.15) is 30.9 Å². The minimum Gasteiger partial charge on any atom is -0.398 e. The van der Waals surface area contributed by atoms with Gasteiger partial charge in [0.05, 0.1) is 5.69 Å². The molecule has 6 heteroatoms. The smallest absolute Gasteiger partial charge is 0.242 e. The Hall–Kier alpha value is -1.11. The van der Waals surface area contributed by atoms with Crippen molar-refractivity contribution < 1.29 is 13.5 Å². The Morgan fingerprint density at radius 1 is 1.35 bits per heavy atom. The molecule has 0 fully saturated rings. The van der Waals surface area contributed by atoms with Gasteiger partial charge in [-0.2, -0.15) is 0 Å². The fourth-order valence-corrected chi connectivity index (χ4v) is 3.64. The van der Waals surface area contributed by atoms with Gasteiger partial charge in [-0.25, -0.2) is 13.1 Å². The first-order valence-electron chi connectivity index (χ1n) is 6.79. The fourth-order valence-electron chi connectivity index (χ4n) is 2.10. The molecule has 1 aromatic carbocycles. The fraction of sp³-hybridized carbons (Fsp3) is 0.571. The van der Waals surface area contributed by atoms with E-state index in [1.807, 2.05) is 19.9 Å². The van der Waals surface area contributed by atoms with Crippen molar-refractivity contribution in [3.63, 3.8) is 0 Å². The Morgan fingerprint density at radius 3 is 2.55 bits per heavy atom. The van der Waals surface area contributed by atoms with Gasteiger partial charge in [0, 0.05) is 13.2 Å². The predicted molar refractivity (Wildman–Crippen MR) is 81.0 cm³/mol. The summed E-state index contributed by atoms with van der Waals surface area (Å²) < 4.78 is 27.4. The van der Waals surface area contributed by atoms with Gasteiger partial charge in [0.15, 0.2) is 0 Å². The molecule has 0 aliphatic carbocycles. The lowest BCUT2D eigenvalue weighted by Gasteiger charge is -2.17. The molecule has 0 amide bonds. The molecule has 0 aliphatic heterocycles. The summed E-state index contributed by atoms with van der Waals surface area (Å²) in [5.74, 6) is 0.126. The van der Waals surface area contributed by atoms with Crippen LogP contribution in [0.2, 0.25) is 0 Å². The highest BCUT2D eigenvalue weighted by Crippen LogP contribution is 2.25. The van der Waals surface area contributed by atoms with Crippen molar-refractivity contribution in [3.05, 3.63) is 23.3 Å². The van der Waals surface area contributed by atoms with Crippen LogP contribution in [0.25, 0.3) is 0 Å². The maximum atomic E-state index is 12.4. The van der Waals surface area contributed by atoms with Crippen molar-refractivity contribution in [2.75, 3.05) is 18.9 Å². The number of rotatable bonds is 7. The number of aliphatic hydroxyl groups is 1. The number of aliphatic hydroxyl groups excluding tert-OH is 1. The van der Waals surface area contributed by atoms with Crippen LogP contribution in [0.4, 0.5) is 5.69 Å². The molecule has 0 saturated carbocycles. The van der Waals surface area contributed by atoms with Gasteiger partial charge in [-0.1, -0.05) is 19.4 Å². The third-order valence-electron chi connectivity index (χ3n) is 3.65. The second-order valence-corrected chi connectivity index (χ2v) is 6.77. The molecule has 1 atom stereocenters. The highest BCUT2D eigenvalue weighted by molar-refractivity contribution is 7.89. The van der Waals surface area contributed by atoms with E-state index in [1.54, 1.807) is 13.0 Å². The molecule has 4 N–H and O–H groups in total. The normalized spacial score (nSPS) is 13.4. The number of hydrogen-bond acceptors (Lipinski definition) is 4. The number of nitrogen functional groups attached to an aromatic ring is 1. The molecular weight excluding hydrogens is 276 g/mol. The number of nitrogens with one attached hydrogen (secondary N) is 1. The van der Waals surface area contributed by atoms with E-state index in [-0.39, 0.29) is 23.1 Å². The average Bonchev–Trinajstić information content (AvgIpc) is 2.39. The Labute approximate surface area is 121 Å². The van der Waals surface area contributed by atoms with E-state index in [2.05, 4.69) is 4.72 Å². The van der Waals surface area contributed by atoms with Crippen molar-refractivity contribution in [2.24, 2.45) is 5.92 Å². The lowest BCUT2D eigenvalue weighted by molar-refractivity contribution is 0.254. The van der Waals surface area contributed by atoms with Gasteiger partial charge in [-0.15, -0.1) is 0 Å². The van der Waals surface area contributed by atoms with Crippen LogP contribution in [0.15, 0.2) is 17.0 Å². The highest BCUT2D eigenvalue weighted by Gasteiger charge is 2.22. The molecule has 1 aromatic rings. The Kier molecular flexibility index (Phi) is 5.98. The minimum atomic E-state index is -3.62. The largest absolute Gasteiger partial charge is 0.398 e. The first-order valence-corrected chi connectivity index (χ1v) is 8.28. The minimum absolute atomic E-state index is 0.0614. The van der Waals surface area contributed by atoms with Crippen LogP contribution in [0.5, 0.6) is 0 Å². The zero-order valence-corrected chi connectivity index (χ0v) is 13.1. The first kappa shape index (κ1) is 16.9. The summed E-state index contributed by atoms with van der Waals surface area (Å²) in [5, 5.41) is 8.94. The summed E-state index contributed by atoms with van der Waals surface area (Å²) in [7, 11) is -3.62. The Bertz CT molecular complexity index is 556. The quantitative estimate of drug-likeness (QED) is 0.666. The van der Waals surface area contributed by atoms with Gasteiger partial charge in [0.2, 0.25) is 10.0 Å². The van der Waals surface area contributed by atoms with Gasteiger partial charge in [-0.3, -0.25) is 0 Å². The van der Waals surface area contributed by atoms with Gasteiger partial charge in [0.1, 0.15) is 4.90 Å². The number of anilines is 1. The molecule has 0 heterocycles. The molecule has 1 rings (SSSR count). The summed E-state index contributed by atoms with van der Waals surface area (Å²) >= 11 is 0. The third-order valence-corrected chi connectivity index (χ3v) is 5.28. The molecule has 5 nitrogen and oxygen atoms in total. The molecule has 20 heavy (non-hydrogen) atoms. The SMILES string of the molecule is CCC(CCO)CNS(=O)(=O)c1c(N)ccc(C)c1C. The molecule has 1 unspecified atom stereocenters. The molecular formula is C14H24N2O3S. The van der Waals surface area contributed by atoms with E-state index < -0.39 is 10.0 Å². The van der Waals surface area contributed by atoms with E-state index >= 15 is 0 Å². The second-order valence-electron chi connectivity index (χ2n) is 5.06. The number of aryl methyl sites for hydroxylation is 1. The van der Waals surface area contributed by atoms with Gasteiger partial charge in [-0.05, 0) is 43.4 Å². The Balaban J connectivity index is 2.98. The topological polar surface area (TPSA) is 92.4 Å². The summed E-state index contributed by atoms with van der Waals surface area (Å²) in [6.45, 7) is 5.96. The van der Waals surface area contributed by atoms with Crippen molar-refractivity contribution in [1.82, 2.24) is 4.72 Å². The van der Waals surface area contributed by atoms with Crippen molar-refractivity contribution in [2.45, 2.75) is 38.5 Å². The zero-order chi connectivity index (χ0) is 15.3. The zero-order valence-electron chi connectivity index (χ0n) is 12.3. The van der Waals surface area contributed by atoms with Crippen LogP contribution in [0, 0.1) is 19.8 Å². The first-order chi connectivity index (χ1) is 9.33. The standard InChI is InChI=1S/C14H24N2O3S/c1-4-12(7-8-17)9-16-20(18,19)14-11(3)10(2)5-6-13(14)15/h5-6,12,16-17H,4,7-9,15H2,1-3H3. The average molecular weight is 300 g/mol. The third kappa shape index (κ3) is 3.94. The van der Waals surface area contributed by atoms with E-state index in [0.29, 0.717) is 18.5 Å². The van der Waals surface area contributed by atoms with Crippen molar-refractivity contribution in [1.29, 1.82) is 0 Å². The molecule has 114 valence electrons. The number of benzene rings is 1. The second kappa shape index (κ2) is 7.06. The van der Waals surface area contributed by atoms with E-state index in [9.17, 15) is 8.42 Å². The molecule has 0 radical (unpaired) electrons. The predicted octanol–water partition coefficient (Wildman–Crippen LogP) is 1.57. The summed E-state index contributed by atoms with van der Waals surface area (Å²) in [4.78, 5) is 0.163. The molecule has 0 bridgehead atoms. The number of sulfonamides is 1. The van der Waals surface area contributed by atoms with E-state index in [1.165, 1.54) is 0 Å². The molecule has 0 saturated heterocycles. The lowest BCUT2D eigenvalue weighted by atomic mass is 10.0. The van der Waals surface area contributed by atoms with Crippen molar-refractivity contribution in [3.8, 4) is 0 Å². The van der Waals surface area contributed by atoms with Crippen LogP contribution >= 0.6 is 0 Å². The maximum absolute atomic E-state index is 12.4. The maximum Gasteiger partial charge on any atom is 0.242 e.